The van der Waals surface area contributed by atoms with Gasteiger partial charge in [0.05, 0.1) is 6.54 Å². The Morgan fingerprint density at radius 3 is 2.70 bits per heavy atom. The number of hydrogen-bond acceptors (Lipinski definition) is 2. The van der Waals surface area contributed by atoms with Crippen molar-refractivity contribution in [2.45, 2.75) is 26.3 Å². The van der Waals surface area contributed by atoms with E-state index >= 15 is 0 Å². The first-order valence-electron chi connectivity index (χ1n) is 10.3. The minimum Gasteiger partial charge on any atom is -0.357 e. The summed E-state index contributed by atoms with van der Waals surface area (Å²) >= 11 is 12.2. The second-order valence-corrected chi connectivity index (χ2v) is 8.30. The van der Waals surface area contributed by atoms with E-state index in [9.17, 15) is 4.79 Å². The van der Waals surface area contributed by atoms with Crippen LogP contribution in [0.4, 0.5) is 0 Å². The van der Waals surface area contributed by atoms with Crippen molar-refractivity contribution in [3.63, 3.8) is 0 Å². The van der Waals surface area contributed by atoms with Crippen LogP contribution in [0.3, 0.4) is 0 Å². The van der Waals surface area contributed by atoms with E-state index in [1.807, 2.05) is 42.2 Å². The van der Waals surface area contributed by atoms with Gasteiger partial charge in [-0.1, -0.05) is 59.6 Å². The van der Waals surface area contributed by atoms with Crippen molar-refractivity contribution < 1.29 is 4.79 Å². The summed E-state index contributed by atoms with van der Waals surface area (Å²) in [6.45, 7) is 5.49. The molecule has 1 unspecified atom stereocenters. The summed E-state index contributed by atoms with van der Waals surface area (Å²) in [5.41, 5.74) is 2.18. The third-order valence-electron chi connectivity index (χ3n) is 5.13. The van der Waals surface area contributed by atoms with E-state index in [4.69, 9.17) is 23.2 Å². The van der Waals surface area contributed by atoms with Crippen molar-refractivity contribution in [2.75, 3.05) is 26.2 Å². The number of aliphatic imine (C=N–C) groups is 1. The predicted molar refractivity (Wildman–Crippen MR) is 124 cm³/mol. The number of carbonyl (C=O) groups is 1. The van der Waals surface area contributed by atoms with Crippen LogP contribution in [0.1, 0.15) is 24.5 Å². The molecule has 1 heterocycles. The Bertz CT molecular complexity index is 873. The van der Waals surface area contributed by atoms with E-state index < -0.39 is 0 Å². The van der Waals surface area contributed by atoms with Gasteiger partial charge >= 0.3 is 0 Å². The Kier molecular flexibility index (Phi) is 8.40. The zero-order chi connectivity index (χ0) is 21.3. The van der Waals surface area contributed by atoms with Crippen LogP contribution in [-0.2, 0) is 17.8 Å². The molecule has 1 amide bonds. The molecule has 30 heavy (non-hydrogen) atoms. The lowest BCUT2D eigenvalue weighted by atomic mass is 10.1. The molecule has 7 heteroatoms. The van der Waals surface area contributed by atoms with Crippen LogP contribution < -0.4 is 10.6 Å². The molecule has 3 rings (SSSR count). The minimum atomic E-state index is 0.229. The molecule has 1 saturated heterocycles. The molecule has 0 spiro atoms. The number of benzene rings is 2. The third kappa shape index (κ3) is 6.64. The monoisotopic (exact) mass is 446 g/mol. The van der Waals surface area contributed by atoms with E-state index in [2.05, 4.69) is 27.8 Å². The lowest BCUT2D eigenvalue weighted by molar-refractivity contribution is -0.127. The summed E-state index contributed by atoms with van der Waals surface area (Å²) < 4.78 is 0. The van der Waals surface area contributed by atoms with Gasteiger partial charge in [0.2, 0.25) is 5.91 Å². The molecule has 1 fully saturated rings. The van der Waals surface area contributed by atoms with Crippen molar-refractivity contribution >= 4 is 35.1 Å². The summed E-state index contributed by atoms with van der Waals surface area (Å²) in [5.74, 6) is 1.22. The Labute approximate surface area is 188 Å². The Morgan fingerprint density at radius 2 is 1.97 bits per heavy atom. The van der Waals surface area contributed by atoms with E-state index in [1.165, 1.54) is 5.56 Å². The standard InChI is InChI=1S/C23H28Cl2N4O/c1-2-26-23(28-15-19-8-9-20(24)13-21(19)25)27-14-18-12-22(30)29(16-18)11-10-17-6-4-3-5-7-17/h3-9,13,18H,2,10-12,14-16H2,1H3,(H2,26,27,28). The molecule has 0 aromatic heterocycles. The maximum atomic E-state index is 12.4. The molecular formula is C23H28Cl2N4O. The quantitative estimate of drug-likeness (QED) is 0.473. The van der Waals surface area contributed by atoms with E-state index in [0.29, 0.717) is 29.6 Å². The minimum absolute atomic E-state index is 0.229. The van der Waals surface area contributed by atoms with Gasteiger partial charge in [-0.15, -0.1) is 0 Å². The molecule has 1 aliphatic rings. The highest BCUT2D eigenvalue weighted by Crippen LogP contribution is 2.21. The van der Waals surface area contributed by atoms with Crippen molar-refractivity contribution in [3.05, 3.63) is 69.7 Å². The van der Waals surface area contributed by atoms with Crippen molar-refractivity contribution in [1.82, 2.24) is 15.5 Å². The normalized spacial score (nSPS) is 16.8. The van der Waals surface area contributed by atoms with Gasteiger partial charge in [0.15, 0.2) is 5.96 Å². The van der Waals surface area contributed by atoms with Crippen LogP contribution >= 0.6 is 23.2 Å². The molecule has 5 nitrogen and oxygen atoms in total. The van der Waals surface area contributed by atoms with E-state index in [-0.39, 0.29) is 11.8 Å². The van der Waals surface area contributed by atoms with Crippen molar-refractivity contribution in [2.24, 2.45) is 10.9 Å². The largest absolute Gasteiger partial charge is 0.357 e. The smallest absolute Gasteiger partial charge is 0.223 e. The molecule has 0 aliphatic carbocycles. The van der Waals surface area contributed by atoms with Crippen LogP contribution in [0.15, 0.2) is 53.5 Å². The van der Waals surface area contributed by atoms with Crippen molar-refractivity contribution in [1.29, 1.82) is 0 Å². The van der Waals surface area contributed by atoms with Gasteiger partial charge in [-0.05, 0) is 36.6 Å². The lowest BCUT2D eigenvalue weighted by Crippen LogP contribution is -2.40. The first-order valence-corrected chi connectivity index (χ1v) is 11.1. The highest BCUT2D eigenvalue weighted by Gasteiger charge is 2.29. The van der Waals surface area contributed by atoms with Gasteiger partial charge in [-0.3, -0.25) is 4.79 Å². The van der Waals surface area contributed by atoms with Crippen LogP contribution in [0.2, 0.25) is 10.0 Å². The molecule has 160 valence electrons. The summed E-state index contributed by atoms with van der Waals surface area (Å²) in [7, 11) is 0. The number of nitrogens with zero attached hydrogens (tertiary/aromatic N) is 2. The van der Waals surface area contributed by atoms with Crippen LogP contribution in [-0.4, -0.2) is 42.9 Å². The van der Waals surface area contributed by atoms with Crippen LogP contribution in [0.25, 0.3) is 0 Å². The molecule has 2 N–H and O–H groups in total. The van der Waals surface area contributed by atoms with Gasteiger partial charge in [0.1, 0.15) is 0 Å². The van der Waals surface area contributed by atoms with Gasteiger partial charge in [0, 0.05) is 48.6 Å². The van der Waals surface area contributed by atoms with E-state index in [0.717, 1.165) is 37.6 Å². The second kappa shape index (κ2) is 11.2. The SMILES string of the molecule is CCNC(=NCc1ccc(Cl)cc1Cl)NCC1CC(=O)N(CCc2ccccc2)C1. The molecule has 1 atom stereocenters. The van der Waals surface area contributed by atoms with Gasteiger partial charge in [-0.2, -0.15) is 0 Å². The first-order chi connectivity index (χ1) is 14.5. The molecule has 1 aliphatic heterocycles. The number of rotatable bonds is 8. The Morgan fingerprint density at radius 1 is 1.17 bits per heavy atom. The van der Waals surface area contributed by atoms with Gasteiger partial charge in [-0.25, -0.2) is 4.99 Å². The third-order valence-corrected chi connectivity index (χ3v) is 5.72. The van der Waals surface area contributed by atoms with Crippen LogP contribution in [0, 0.1) is 5.92 Å². The number of nitrogens with one attached hydrogen (secondary N) is 2. The zero-order valence-corrected chi connectivity index (χ0v) is 18.7. The second-order valence-electron chi connectivity index (χ2n) is 7.46. The van der Waals surface area contributed by atoms with Gasteiger partial charge < -0.3 is 15.5 Å². The Hall–Kier alpha value is -2.24. The maximum Gasteiger partial charge on any atom is 0.223 e. The number of halogens is 2. The van der Waals surface area contributed by atoms with E-state index in [1.54, 1.807) is 6.07 Å². The number of likely N-dealkylation sites (tertiary alicyclic amines) is 1. The summed E-state index contributed by atoms with van der Waals surface area (Å²) in [5, 5.41) is 7.84. The fourth-order valence-corrected chi connectivity index (χ4v) is 3.98. The summed E-state index contributed by atoms with van der Waals surface area (Å²) in [6, 6.07) is 15.7. The molecular weight excluding hydrogens is 419 g/mol. The molecule has 2 aromatic rings. The number of hydrogen-bond donors (Lipinski definition) is 2. The predicted octanol–water partition coefficient (Wildman–Crippen LogP) is 4.14. The Balaban J connectivity index is 1.50. The first kappa shape index (κ1) is 22.4. The zero-order valence-electron chi connectivity index (χ0n) is 17.2. The fourth-order valence-electron chi connectivity index (χ4n) is 3.51. The maximum absolute atomic E-state index is 12.4. The lowest BCUT2D eigenvalue weighted by Gasteiger charge is -2.18. The summed E-state index contributed by atoms with van der Waals surface area (Å²) in [6.07, 6.45) is 1.46. The number of amides is 1. The number of carbonyl (C=O) groups excluding carboxylic acids is 1. The molecule has 0 saturated carbocycles. The highest BCUT2D eigenvalue weighted by molar-refractivity contribution is 6.35. The molecule has 0 bridgehead atoms. The molecule has 0 radical (unpaired) electrons. The average Bonchev–Trinajstić information content (AvgIpc) is 3.10. The fraction of sp³-hybridized carbons (Fsp3) is 0.391. The molecule has 2 aromatic carbocycles. The highest BCUT2D eigenvalue weighted by atomic mass is 35.5. The van der Waals surface area contributed by atoms with Gasteiger partial charge in [0.25, 0.3) is 0 Å². The van der Waals surface area contributed by atoms with Crippen LogP contribution in [0.5, 0.6) is 0 Å². The van der Waals surface area contributed by atoms with Crippen molar-refractivity contribution in [3.8, 4) is 0 Å². The average molecular weight is 447 g/mol. The number of guanidine groups is 1. The summed E-state index contributed by atoms with van der Waals surface area (Å²) in [4.78, 5) is 19.0. The topological polar surface area (TPSA) is 56.7 Å².